The third-order valence-electron chi connectivity index (χ3n) is 5.05. The average Bonchev–Trinajstić information content (AvgIpc) is 3.22. The minimum atomic E-state index is -0.578. The van der Waals surface area contributed by atoms with Crippen LogP contribution in [0.15, 0.2) is 48.7 Å². The van der Waals surface area contributed by atoms with Gasteiger partial charge in [0.05, 0.1) is 23.8 Å². The van der Waals surface area contributed by atoms with Gasteiger partial charge in [-0.05, 0) is 42.5 Å². The van der Waals surface area contributed by atoms with Crippen LogP contribution in [0.2, 0.25) is 0 Å². The lowest BCUT2D eigenvalue weighted by Crippen LogP contribution is -2.06. The number of ketones is 1. The Balaban J connectivity index is 1.96. The van der Waals surface area contributed by atoms with E-state index in [1.807, 2.05) is 29.9 Å². The molecule has 0 fully saturated rings. The number of ether oxygens (including phenoxy) is 1. The Kier molecular flexibility index (Phi) is 4.23. The molecule has 146 valence electrons. The third-order valence-corrected chi connectivity index (χ3v) is 5.05. The molecule has 0 aliphatic heterocycles. The fourth-order valence-electron chi connectivity index (χ4n) is 3.63. The van der Waals surface area contributed by atoms with Crippen LogP contribution in [0.4, 0.5) is 0 Å². The number of hydrogen-bond donors (Lipinski definition) is 1. The van der Waals surface area contributed by atoms with E-state index in [0.717, 1.165) is 15.5 Å². The van der Waals surface area contributed by atoms with Gasteiger partial charge in [-0.1, -0.05) is 0 Å². The number of carbonyl (C=O) groups excluding carboxylic acids is 3. The quantitative estimate of drug-likeness (QED) is 0.427. The molecule has 2 heterocycles. The molecule has 0 saturated heterocycles. The number of aromatic nitrogens is 2. The van der Waals surface area contributed by atoms with Gasteiger partial charge in [-0.25, -0.2) is 4.79 Å². The van der Waals surface area contributed by atoms with Gasteiger partial charge in [0.25, 0.3) is 0 Å². The minimum Gasteiger partial charge on any atom is -0.494 e. The number of nitrogens with zero attached hydrogens (tertiary/aromatic N) is 2. The summed E-state index contributed by atoms with van der Waals surface area (Å²) in [5.74, 6) is -1.92. The zero-order valence-electron chi connectivity index (χ0n) is 16.1. The molecule has 0 saturated carbocycles. The Bertz CT molecular complexity index is 1330. The number of aryl methyl sites for hydroxylation is 1. The van der Waals surface area contributed by atoms with E-state index >= 15 is 0 Å². The van der Waals surface area contributed by atoms with Gasteiger partial charge < -0.3 is 14.4 Å². The van der Waals surface area contributed by atoms with Crippen LogP contribution in [0.5, 0.6) is 5.88 Å². The molecule has 1 N–H and O–H groups in total. The Morgan fingerprint density at radius 1 is 0.966 bits per heavy atom. The first-order valence-electron chi connectivity index (χ1n) is 8.90. The summed E-state index contributed by atoms with van der Waals surface area (Å²) in [7, 11) is 3.16. The summed E-state index contributed by atoms with van der Waals surface area (Å²) in [6.07, 6.45) is 1.89. The molecule has 7 heteroatoms. The zero-order chi connectivity index (χ0) is 20.9. The highest BCUT2D eigenvalue weighted by Crippen LogP contribution is 2.34. The summed E-state index contributed by atoms with van der Waals surface area (Å²) in [5.41, 5.74) is 1.85. The normalized spacial score (nSPS) is 11.1. The Labute approximate surface area is 165 Å². The highest BCUT2D eigenvalue weighted by molar-refractivity contribution is 6.21. The van der Waals surface area contributed by atoms with Gasteiger partial charge in [-0.2, -0.15) is 0 Å². The number of aromatic hydroxyl groups is 1. The first-order valence-corrected chi connectivity index (χ1v) is 8.90. The van der Waals surface area contributed by atoms with Crippen molar-refractivity contribution in [2.45, 2.75) is 6.92 Å². The van der Waals surface area contributed by atoms with Crippen LogP contribution < -0.4 is 0 Å². The van der Waals surface area contributed by atoms with Crippen LogP contribution in [0.25, 0.3) is 21.8 Å². The Morgan fingerprint density at radius 3 is 2.34 bits per heavy atom. The Hall–Kier alpha value is -3.87. The molecule has 0 aliphatic carbocycles. The van der Waals surface area contributed by atoms with Crippen LogP contribution >= 0.6 is 0 Å². The van der Waals surface area contributed by atoms with Gasteiger partial charge >= 0.3 is 5.97 Å². The molecule has 2 aromatic heterocycles. The molecule has 4 rings (SSSR count). The summed E-state index contributed by atoms with van der Waals surface area (Å²) >= 11 is 0. The second kappa shape index (κ2) is 6.63. The van der Waals surface area contributed by atoms with Gasteiger partial charge in [0.15, 0.2) is 5.78 Å². The first-order chi connectivity index (χ1) is 13.8. The third kappa shape index (κ3) is 2.79. The number of methoxy groups -OCH3 is 1. The van der Waals surface area contributed by atoms with Gasteiger partial charge in [0.1, 0.15) is 0 Å². The van der Waals surface area contributed by atoms with E-state index in [4.69, 9.17) is 4.74 Å². The lowest BCUT2D eigenvalue weighted by atomic mass is 10.00. The predicted octanol–water partition coefficient (Wildman–Crippen LogP) is 3.52. The molecular formula is C22H18N2O5. The van der Waals surface area contributed by atoms with Crippen molar-refractivity contribution >= 4 is 39.5 Å². The second-order valence-corrected chi connectivity index (χ2v) is 6.81. The topological polar surface area (TPSA) is 90.5 Å². The maximum absolute atomic E-state index is 13.3. The maximum Gasteiger partial charge on any atom is 0.337 e. The van der Waals surface area contributed by atoms with Crippen LogP contribution in [-0.4, -0.2) is 39.0 Å². The van der Waals surface area contributed by atoms with Gasteiger partial charge in [-0.3, -0.25) is 14.2 Å². The lowest BCUT2D eigenvalue weighted by molar-refractivity contribution is 0.0600. The molecule has 0 aliphatic rings. The van der Waals surface area contributed by atoms with Crippen LogP contribution in [0.1, 0.15) is 38.0 Å². The average molecular weight is 390 g/mol. The predicted molar refractivity (Wildman–Crippen MR) is 108 cm³/mol. The van der Waals surface area contributed by atoms with Gasteiger partial charge in [0, 0.05) is 42.0 Å². The largest absolute Gasteiger partial charge is 0.494 e. The highest BCUT2D eigenvalue weighted by atomic mass is 16.5. The van der Waals surface area contributed by atoms with E-state index in [2.05, 4.69) is 0 Å². The van der Waals surface area contributed by atoms with E-state index in [9.17, 15) is 19.5 Å². The Morgan fingerprint density at radius 2 is 1.66 bits per heavy atom. The van der Waals surface area contributed by atoms with E-state index in [1.165, 1.54) is 32.2 Å². The molecule has 2 aromatic carbocycles. The molecule has 0 atom stereocenters. The SMILES string of the molecule is COC(=O)c1ccc2c(c1)c(C(=O)c1ccc3c(ccn3C)c1)c(O)n2C(C)=O. The summed E-state index contributed by atoms with van der Waals surface area (Å²) in [6.45, 7) is 1.29. The smallest absolute Gasteiger partial charge is 0.337 e. The summed E-state index contributed by atoms with van der Waals surface area (Å²) < 4.78 is 7.74. The van der Waals surface area contributed by atoms with Crippen molar-refractivity contribution in [3.8, 4) is 5.88 Å². The summed E-state index contributed by atoms with van der Waals surface area (Å²) in [6, 6.07) is 11.6. The summed E-state index contributed by atoms with van der Waals surface area (Å²) in [4.78, 5) is 37.3. The molecule has 0 bridgehead atoms. The molecule has 7 nitrogen and oxygen atoms in total. The fourth-order valence-corrected chi connectivity index (χ4v) is 3.63. The van der Waals surface area contributed by atoms with Crippen LogP contribution in [0, 0.1) is 0 Å². The lowest BCUT2D eigenvalue weighted by Gasteiger charge is -2.04. The number of fused-ring (bicyclic) bond motifs is 2. The zero-order valence-corrected chi connectivity index (χ0v) is 16.1. The van der Waals surface area contributed by atoms with Crippen molar-refractivity contribution < 1.29 is 24.2 Å². The van der Waals surface area contributed by atoms with Gasteiger partial charge in [-0.15, -0.1) is 0 Å². The van der Waals surface area contributed by atoms with Crippen molar-refractivity contribution in [1.82, 2.24) is 9.13 Å². The summed E-state index contributed by atoms with van der Waals surface area (Å²) in [5, 5.41) is 11.9. The van der Waals surface area contributed by atoms with E-state index in [1.54, 1.807) is 12.1 Å². The van der Waals surface area contributed by atoms with Crippen molar-refractivity contribution in [2.75, 3.05) is 7.11 Å². The first kappa shape index (κ1) is 18.5. The fraction of sp³-hybridized carbons (Fsp3) is 0.136. The monoisotopic (exact) mass is 390 g/mol. The van der Waals surface area contributed by atoms with E-state index in [-0.39, 0.29) is 11.1 Å². The number of carbonyl (C=O) groups is 3. The maximum atomic E-state index is 13.3. The molecule has 29 heavy (non-hydrogen) atoms. The van der Waals surface area contributed by atoms with Crippen LogP contribution in [-0.2, 0) is 11.8 Å². The van der Waals surface area contributed by atoms with Crippen LogP contribution in [0.3, 0.4) is 0 Å². The van der Waals surface area contributed by atoms with Crippen molar-refractivity contribution in [3.63, 3.8) is 0 Å². The van der Waals surface area contributed by atoms with Gasteiger partial charge in [0.2, 0.25) is 11.8 Å². The minimum absolute atomic E-state index is 0.0313. The van der Waals surface area contributed by atoms with E-state index < -0.39 is 23.5 Å². The van der Waals surface area contributed by atoms with Crippen molar-refractivity contribution in [2.24, 2.45) is 7.05 Å². The molecule has 0 amide bonds. The van der Waals surface area contributed by atoms with Crippen molar-refractivity contribution in [1.29, 1.82) is 0 Å². The standard InChI is InChI=1S/C22H18N2O5/c1-12(25)24-18-7-5-15(22(28)29-3)11-16(18)19(21(24)27)20(26)14-4-6-17-13(10-14)8-9-23(17)2/h4-11,27H,1-3H3. The number of esters is 1. The number of hydrogen-bond acceptors (Lipinski definition) is 5. The molecule has 0 spiro atoms. The second-order valence-electron chi connectivity index (χ2n) is 6.81. The number of benzene rings is 2. The molecule has 0 radical (unpaired) electrons. The molecule has 0 unspecified atom stereocenters. The molecular weight excluding hydrogens is 372 g/mol. The van der Waals surface area contributed by atoms with E-state index in [0.29, 0.717) is 16.5 Å². The number of rotatable bonds is 3. The molecule has 4 aromatic rings. The highest BCUT2D eigenvalue weighted by Gasteiger charge is 2.26. The van der Waals surface area contributed by atoms with Crippen molar-refractivity contribution in [3.05, 3.63) is 65.4 Å².